The predicted octanol–water partition coefficient (Wildman–Crippen LogP) is 1.58. The largest absolute Gasteiger partial charge is 0.382 e. The lowest BCUT2D eigenvalue weighted by atomic mass is 10.3. The van der Waals surface area contributed by atoms with Crippen molar-refractivity contribution >= 4 is 33.1 Å². The van der Waals surface area contributed by atoms with E-state index in [1.807, 2.05) is 0 Å². The molecule has 0 aliphatic heterocycles. The van der Waals surface area contributed by atoms with Crippen LogP contribution >= 0.6 is 11.6 Å². The minimum atomic E-state index is -3.50. The number of hydrogen-bond donors (Lipinski definition) is 1. The van der Waals surface area contributed by atoms with E-state index in [1.165, 1.54) is 4.68 Å². The molecular formula is C12H15ClN4O2S. The molecule has 6 nitrogen and oxygen atoms in total. The van der Waals surface area contributed by atoms with Gasteiger partial charge in [0.1, 0.15) is 5.82 Å². The molecule has 108 valence electrons. The molecule has 8 heteroatoms. The number of nitrogens with zero attached hydrogens (tertiary/aromatic N) is 3. The van der Waals surface area contributed by atoms with Crippen molar-refractivity contribution in [3.05, 3.63) is 29.3 Å². The van der Waals surface area contributed by atoms with Crippen LogP contribution in [0.25, 0.3) is 5.69 Å². The van der Waals surface area contributed by atoms with Gasteiger partial charge in [-0.05, 0) is 12.1 Å². The van der Waals surface area contributed by atoms with Crippen LogP contribution in [0.4, 0.5) is 11.6 Å². The molecule has 0 saturated carbocycles. The van der Waals surface area contributed by atoms with Crippen molar-refractivity contribution in [1.29, 1.82) is 0 Å². The molecule has 1 aromatic carbocycles. The average molecular weight is 315 g/mol. The van der Waals surface area contributed by atoms with Gasteiger partial charge in [-0.2, -0.15) is 0 Å². The lowest BCUT2D eigenvalue weighted by Gasteiger charge is -2.09. The minimum Gasteiger partial charge on any atom is -0.382 e. The summed E-state index contributed by atoms with van der Waals surface area (Å²) in [4.78, 5) is 1.60. The number of nitrogen functional groups attached to an aromatic ring is 1. The zero-order chi connectivity index (χ0) is 15.1. The second-order valence-electron chi connectivity index (χ2n) is 4.57. The minimum absolute atomic E-state index is 0.00224. The van der Waals surface area contributed by atoms with E-state index >= 15 is 0 Å². The Labute approximate surface area is 122 Å². The van der Waals surface area contributed by atoms with Crippen LogP contribution in [0.3, 0.4) is 0 Å². The Bertz CT molecular complexity index is 753. The van der Waals surface area contributed by atoms with Crippen LogP contribution in [0, 0.1) is 0 Å². The number of aromatic nitrogens is 2. The lowest BCUT2D eigenvalue weighted by molar-refractivity contribution is 0.602. The van der Waals surface area contributed by atoms with Crippen LogP contribution in [0.1, 0.15) is 0 Å². The smallest absolute Gasteiger partial charge is 0.182 e. The SMILES string of the molecule is CN(C)c1nn(-c2ccccc2Cl)c(N)c1S(C)(=O)=O. The fraction of sp³-hybridized carbons (Fsp3) is 0.250. The van der Waals surface area contributed by atoms with E-state index in [1.54, 1.807) is 43.3 Å². The zero-order valence-corrected chi connectivity index (χ0v) is 12.9. The van der Waals surface area contributed by atoms with E-state index in [2.05, 4.69) is 5.10 Å². The maximum absolute atomic E-state index is 11.9. The maximum Gasteiger partial charge on any atom is 0.182 e. The molecule has 0 unspecified atom stereocenters. The third-order valence-corrected chi connectivity index (χ3v) is 4.19. The summed E-state index contributed by atoms with van der Waals surface area (Å²) < 4.78 is 25.2. The van der Waals surface area contributed by atoms with Gasteiger partial charge >= 0.3 is 0 Å². The predicted molar refractivity (Wildman–Crippen MR) is 80.4 cm³/mol. The fourth-order valence-corrected chi connectivity index (χ4v) is 3.10. The van der Waals surface area contributed by atoms with Crippen molar-refractivity contribution in [1.82, 2.24) is 9.78 Å². The Morgan fingerprint density at radius 3 is 2.35 bits per heavy atom. The highest BCUT2D eigenvalue weighted by molar-refractivity contribution is 7.91. The summed E-state index contributed by atoms with van der Waals surface area (Å²) in [5.74, 6) is 0.328. The van der Waals surface area contributed by atoms with Gasteiger partial charge in [0.05, 0.1) is 10.7 Å². The third-order valence-electron chi connectivity index (χ3n) is 2.73. The molecule has 0 bridgehead atoms. The van der Waals surface area contributed by atoms with Gasteiger partial charge in [0.15, 0.2) is 20.6 Å². The van der Waals surface area contributed by atoms with E-state index in [9.17, 15) is 8.42 Å². The van der Waals surface area contributed by atoms with Crippen molar-refractivity contribution in [3.8, 4) is 5.69 Å². The standard InChI is InChI=1S/C12H15ClN4O2S/c1-16(2)12-10(20(3,18)19)11(14)17(15-12)9-7-5-4-6-8(9)13/h4-7H,14H2,1-3H3. The molecule has 0 aliphatic rings. The van der Waals surface area contributed by atoms with Gasteiger partial charge in [-0.1, -0.05) is 23.7 Å². The number of anilines is 2. The van der Waals surface area contributed by atoms with Crippen LogP contribution in [0.5, 0.6) is 0 Å². The summed E-state index contributed by atoms with van der Waals surface area (Å²) in [5.41, 5.74) is 6.50. The lowest BCUT2D eigenvalue weighted by Crippen LogP contribution is -2.13. The Balaban J connectivity index is 2.79. The van der Waals surface area contributed by atoms with E-state index < -0.39 is 9.84 Å². The van der Waals surface area contributed by atoms with Gasteiger partial charge in [-0.25, -0.2) is 13.1 Å². The maximum atomic E-state index is 11.9. The van der Waals surface area contributed by atoms with Crippen molar-refractivity contribution in [2.75, 3.05) is 31.0 Å². The van der Waals surface area contributed by atoms with Gasteiger partial charge in [0.2, 0.25) is 0 Å². The first-order valence-corrected chi connectivity index (χ1v) is 8.01. The number of nitrogens with two attached hydrogens (primary N) is 1. The van der Waals surface area contributed by atoms with E-state index in [-0.39, 0.29) is 16.5 Å². The normalized spacial score (nSPS) is 11.6. The Morgan fingerprint density at radius 1 is 1.30 bits per heavy atom. The van der Waals surface area contributed by atoms with E-state index in [0.717, 1.165) is 6.26 Å². The summed E-state index contributed by atoms with van der Waals surface area (Å²) in [6.07, 6.45) is 1.10. The van der Waals surface area contributed by atoms with Gasteiger partial charge in [-0.3, -0.25) is 0 Å². The number of rotatable bonds is 3. The first-order chi connectivity index (χ1) is 9.23. The Hall–Kier alpha value is -1.73. The third kappa shape index (κ3) is 2.46. The van der Waals surface area contributed by atoms with Gasteiger partial charge in [-0.15, -0.1) is 5.10 Å². The van der Waals surface area contributed by atoms with Crippen molar-refractivity contribution in [2.45, 2.75) is 4.90 Å². The van der Waals surface area contributed by atoms with Crippen LogP contribution in [0.15, 0.2) is 29.2 Å². The zero-order valence-electron chi connectivity index (χ0n) is 11.3. The highest BCUT2D eigenvalue weighted by Crippen LogP contribution is 2.32. The van der Waals surface area contributed by atoms with Crippen LogP contribution in [0.2, 0.25) is 5.02 Å². The summed E-state index contributed by atoms with van der Waals surface area (Å²) in [5, 5.41) is 4.70. The molecule has 2 N–H and O–H groups in total. The van der Waals surface area contributed by atoms with Gasteiger partial charge in [0.25, 0.3) is 0 Å². The van der Waals surface area contributed by atoms with Crippen molar-refractivity contribution in [2.24, 2.45) is 0 Å². The summed E-state index contributed by atoms with van der Waals surface area (Å²) >= 11 is 6.11. The topological polar surface area (TPSA) is 81.2 Å². The molecule has 0 amide bonds. The van der Waals surface area contributed by atoms with Gasteiger partial charge < -0.3 is 10.6 Å². The van der Waals surface area contributed by atoms with Gasteiger partial charge in [0, 0.05) is 20.4 Å². The number of benzene rings is 1. The van der Waals surface area contributed by atoms with Crippen LogP contribution in [-0.4, -0.2) is 38.5 Å². The van der Waals surface area contributed by atoms with E-state index in [4.69, 9.17) is 17.3 Å². The molecule has 1 aromatic heterocycles. The molecule has 1 heterocycles. The number of para-hydroxylation sites is 1. The van der Waals surface area contributed by atoms with Crippen molar-refractivity contribution < 1.29 is 8.42 Å². The molecule has 0 fully saturated rings. The summed E-state index contributed by atoms with van der Waals surface area (Å²) in [6.45, 7) is 0. The molecule has 0 atom stereocenters. The quantitative estimate of drug-likeness (QED) is 0.930. The van der Waals surface area contributed by atoms with Crippen molar-refractivity contribution in [3.63, 3.8) is 0 Å². The highest BCUT2D eigenvalue weighted by Gasteiger charge is 2.26. The Kier molecular flexibility index (Phi) is 3.66. The average Bonchev–Trinajstić information content (AvgIpc) is 2.67. The Morgan fingerprint density at radius 2 is 1.90 bits per heavy atom. The first-order valence-electron chi connectivity index (χ1n) is 5.74. The molecule has 20 heavy (non-hydrogen) atoms. The van der Waals surface area contributed by atoms with Crippen LogP contribution < -0.4 is 10.6 Å². The number of hydrogen-bond acceptors (Lipinski definition) is 5. The number of sulfone groups is 1. The summed E-state index contributed by atoms with van der Waals surface area (Å²) in [6, 6.07) is 6.96. The summed E-state index contributed by atoms with van der Waals surface area (Å²) in [7, 11) is -0.0987. The second kappa shape index (κ2) is 4.99. The molecule has 2 aromatic rings. The highest BCUT2D eigenvalue weighted by atomic mass is 35.5. The molecule has 2 rings (SSSR count). The van der Waals surface area contributed by atoms with Crippen LogP contribution in [-0.2, 0) is 9.84 Å². The van der Waals surface area contributed by atoms with E-state index in [0.29, 0.717) is 10.7 Å². The monoisotopic (exact) mass is 314 g/mol. The molecule has 0 saturated heterocycles. The molecule has 0 spiro atoms. The first kappa shape index (κ1) is 14.7. The second-order valence-corrected chi connectivity index (χ2v) is 6.93. The number of halogens is 1. The molecular weight excluding hydrogens is 300 g/mol. The molecule has 0 radical (unpaired) electrons. The molecule has 0 aliphatic carbocycles. The fourth-order valence-electron chi connectivity index (χ4n) is 1.86.